The van der Waals surface area contributed by atoms with Crippen molar-refractivity contribution in [1.29, 1.82) is 0 Å². The zero-order valence-corrected chi connectivity index (χ0v) is 11.4. The molecule has 104 valence electrons. The van der Waals surface area contributed by atoms with Crippen molar-refractivity contribution in [2.75, 3.05) is 20.1 Å². The molecule has 1 saturated carbocycles. The SMILES string of the molecule is CNC(=O)CCN1CCCC1C1CCCCC1O. The number of nitrogens with one attached hydrogen (secondary N) is 1. The minimum absolute atomic E-state index is 0.116. The minimum atomic E-state index is -0.121. The molecule has 1 aliphatic carbocycles. The zero-order chi connectivity index (χ0) is 13.0. The Labute approximate surface area is 110 Å². The Hall–Kier alpha value is -0.610. The molecule has 1 saturated heterocycles. The predicted octanol–water partition coefficient (Wildman–Crippen LogP) is 1.14. The molecule has 1 amide bonds. The zero-order valence-electron chi connectivity index (χ0n) is 11.4. The van der Waals surface area contributed by atoms with Crippen molar-refractivity contribution in [3.05, 3.63) is 0 Å². The quantitative estimate of drug-likeness (QED) is 0.791. The summed E-state index contributed by atoms with van der Waals surface area (Å²) in [6.07, 6.45) is 7.40. The van der Waals surface area contributed by atoms with Crippen LogP contribution in [0.25, 0.3) is 0 Å². The number of carbonyl (C=O) groups is 1. The fourth-order valence-electron chi connectivity index (χ4n) is 3.57. The summed E-state index contributed by atoms with van der Waals surface area (Å²) in [5.41, 5.74) is 0. The summed E-state index contributed by atoms with van der Waals surface area (Å²) in [4.78, 5) is 13.8. The monoisotopic (exact) mass is 254 g/mol. The number of nitrogens with zero attached hydrogens (tertiary/aromatic N) is 1. The molecule has 1 heterocycles. The number of hydrogen-bond acceptors (Lipinski definition) is 3. The van der Waals surface area contributed by atoms with E-state index >= 15 is 0 Å². The largest absolute Gasteiger partial charge is 0.393 e. The summed E-state index contributed by atoms with van der Waals surface area (Å²) >= 11 is 0. The van der Waals surface area contributed by atoms with E-state index in [0.717, 1.165) is 25.9 Å². The number of likely N-dealkylation sites (tertiary alicyclic amines) is 1. The second-order valence-electron chi connectivity index (χ2n) is 5.68. The van der Waals surface area contributed by atoms with Gasteiger partial charge in [0.25, 0.3) is 0 Å². The highest BCUT2D eigenvalue weighted by molar-refractivity contribution is 5.75. The number of hydrogen-bond donors (Lipinski definition) is 2. The topological polar surface area (TPSA) is 52.6 Å². The second kappa shape index (κ2) is 6.53. The van der Waals surface area contributed by atoms with Crippen molar-refractivity contribution in [1.82, 2.24) is 10.2 Å². The first-order valence-corrected chi connectivity index (χ1v) is 7.35. The predicted molar refractivity (Wildman–Crippen MR) is 71.2 cm³/mol. The van der Waals surface area contributed by atoms with Crippen LogP contribution in [0.1, 0.15) is 44.9 Å². The summed E-state index contributed by atoms with van der Waals surface area (Å²) in [5.74, 6) is 0.552. The van der Waals surface area contributed by atoms with Gasteiger partial charge in [0, 0.05) is 32.0 Å². The van der Waals surface area contributed by atoms with E-state index in [4.69, 9.17) is 0 Å². The third-order valence-corrected chi connectivity index (χ3v) is 4.59. The number of carbonyl (C=O) groups excluding carboxylic acids is 1. The third kappa shape index (κ3) is 3.23. The van der Waals surface area contributed by atoms with E-state index < -0.39 is 0 Å². The molecule has 4 nitrogen and oxygen atoms in total. The third-order valence-electron chi connectivity index (χ3n) is 4.59. The van der Waals surface area contributed by atoms with Gasteiger partial charge in [-0.25, -0.2) is 0 Å². The first-order valence-electron chi connectivity index (χ1n) is 7.35. The molecule has 2 aliphatic rings. The van der Waals surface area contributed by atoms with Gasteiger partial charge in [0.05, 0.1) is 6.10 Å². The number of aliphatic hydroxyl groups excluding tert-OH is 1. The van der Waals surface area contributed by atoms with Crippen molar-refractivity contribution in [3.8, 4) is 0 Å². The van der Waals surface area contributed by atoms with Crippen LogP contribution < -0.4 is 5.32 Å². The molecule has 2 N–H and O–H groups in total. The Kier molecular flexibility index (Phi) is 5.01. The Morgan fingerprint density at radius 3 is 2.78 bits per heavy atom. The Balaban J connectivity index is 1.88. The second-order valence-corrected chi connectivity index (χ2v) is 5.68. The smallest absolute Gasteiger partial charge is 0.221 e. The average Bonchev–Trinajstić information content (AvgIpc) is 2.84. The maximum Gasteiger partial charge on any atom is 0.221 e. The van der Waals surface area contributed by atoms with E-state index in [1.54, 1.807) is 7.05 Å². The van der Waals surface area contributed by atoms with Gasteiger partial charge >= 0.3 is 0 Å². The van der Waals surface area contributed by atoms with Gasteiger partial charge in [-0.1, -0.05) is 12.8 Å². The fourth-order valence-corrected chi connectivity index (χ4v) is 3.57. The molecule has 0 bridgehead atoms. The van der Waals surface area contributed by atoms with Crippen molar-refractivity contribution in [2.24, 2.45) is 5.92 Å². The van der Waals surface area contributed by atoms with Crippen molar-refractivity contribution < 1.29 is 9.90 Å². The summed E-state index contributed by atoms with van der Waals surface area (Å²) in [7, 11) is 1.69. The Morgan fingerprint density at radius 2 is 2.06 bits per heavy atom. The van der Waals surface area contributed by atoms with Gasteiger partial charge in [-0.2, -0.15) is 0 Å². The van der Waals surface area contributed by atoms with Crippen LogP contribution in [0.3, 0.4) is 0 Å². The molecule has 2 fully saturated rings. The molecule has 0 spiro atoms. The number of amides is 1. The van der Waals surface area contributed by atoms with Gasteiger partial charge in [-0.05, 0) is 32.2 Å². The van der Waals surface area contributed by atoms with Crippen molar-refractivity contribution in [3.63, 3.8) is 0 Å². The molecule has 3 atom stereocenters. The van der Waals surface area contributed by atoms with Crippen LogP contribution in [-0.2, 0) is 4.79 Å². The minimum Gasteiger partial charge on any atom is -0.393 e. The summed E-state index contributed by atoms with van der Waals surface area (Å²) in [6.45, 7) is 1.93. The lowest BCUT2D eigenvalue weighted by molar-refractivity contribution is -0.121. The molecule has 18 heavy (non-hydrogen) atoms. The van der Waals surface area contributed by atoms with Gasteiger partial charge in [0.2, 0.25) is 5.91 Å². The van der Waals surface area contributed by atoms with E-state index in [0.29, 0.717) is 18.4 Å². The van der Waals surface area contributed by atoms with E-state index in [9.17, 15) is 9.90 Å². The van der Waals surface area contributed by atoms with Crippen LogP contribution in [0.15, 0.2) is 0 Å². The maximum absolute atomic E-state index is 11.3. The molecule has 1 aliphatic heterocycles. The lowest BCUT2D eigenvalue weighted by Gasteiger charge is -2.37. The normalized spacial score (nSPS) is 33.6. The van der Waals surface area contributed by atoms with E-state index in [1.165, 1.54) is 25.7 Å². The van der Waals surface area contributed by atoms with Crippen molar-refractivity contribution >= 4 is 5.91 Å². The van der Waals surface area contributed by atoms with Gasteiger partial charge < -0.3 is 10.4 Å². The van der Waals surface area contributed by atoms with Crippen LogP contribution in [0.4, 0.5) is 0 Å². The standard InChI is InChI=1S/C14H26N2O2/c1-15-14(18)8-10-16-9-4-6-12(16)11-5-2-3-7-13(11)17/h11-13,17H,2-10H2,1H3,(H,15,18). The summed E-state index contributed by atoms with van der Waals surface area (Å²) < 4.78 is 0. The average molecular weight is 254 g/mol. The molecule has 0 aromatic carbocycles. The molecule has 0 aromatic heterocycles. The first-order chi connectivity index (χ1) is 8.72. The van der Waals surface area contributed by atoms with Gasteiger partial charge in [-0.15, -0.1) is 0 Å². The molecule has 0 aromatic rings. The van der Waals surface area contributed by atoms with E-state index in [2.05, 4.69) is 10.2 Å². The lowest BCUT2D eigenvalue weighted by Crippen LogP contribution is -2.43. The molecular weight excluding hydrogens is 228 g/mol. The van der Waals surface area contributed by atoms with Gasteiger partial charge in [0.15, 0.2) is 0 Å². The number of aliphatic hydroxyl groups is 1. The van der Waals surface area contributed by atoms with Crippen LogP contribution in [0.2, 0.25) is 0 Å². The summed E-state index contributed by atoms with van der Waals surface area (Å²) in [5, 5.41) is 12.8. The lowest BCUT2D eigenvalue weighted by atomic mass is 9.80. The molecule has 3 unspecified atom stereocenters. The molecular formula is C14H26N2O2. The van der Waals surface area contributed by atoms with Crippen molar-refractivity contribution in [2.45, 2.75) is 57.1 Å². The highest BCUT2D eigenvalue weighted by Crippen LogP contribution is 2.34. The highest BCUT2D eigenvalue weighted by Gasteiger charge is 2.36. The Morgan fingerprint density at radius 1 is 1.28 bits per heavy atom. The first kappa shape index (κ1) is 13.8. The van der Waals surface area contributed by atoms with Crippen LogP contribution >= 0.6 is 0 Å². The maximum atomic E-state index is 11.3. The molecule has 2 rings (SSSR count). The van der Waals surface area contributed by atoms with Gasteiger partial charge in [-0.3, -0.25) is 9.69 Å². The highest BCUT2D eigenvalue weighted by atomic mass is 16.3. The van der Waals surface area contributed by atoms with Crippen LogP contribution in [0.5, 0.6) is 0 Å². The molecule has 4 heteroatoms. The van der Waals surface area contributed by atoms with E-state index in [1.807, 2.05) is 0 Å². The summed E-state index contributed by atoms with van der Waals surface area (Å²) in [6, 6.07) is 0.505. The molecule has 0 radical (unpaired) electrons. The number of rotatable bonds is 4. The Bertz CT molecular complexity index is 283. The van der Waals surface area contributed by atoms with Gasteiger partial charge in [0.1, 0.15) is 0 Å². The van der Waals surface area contributed by atoms with Crippen LogP contribution in [-0.4, -0.2) is 48.2 Å². The van der Waals surface area contributed by atoms with Crippen LogP contribution in [0, 0.1) is 5.92 Å². The van der Waals surface area contributed by atoms with E-state index in [-0.39, 0.29) is 12.0 Å². The fraction of sp³-hybridized carbons (Fsp3) is 0.929.